The number of carbonyl (C=O) groups excluding carboxylic acids is 2. The molecule has 0 unspecified atom stereocenters. The van der Waals surface area contributed by atoms with Crippen molar-refractivity contribution in [2.45, 2.75) is 57.2 Å². The number of hydrogen-bond donors (Lipinski definition) is 1. The van der Waals surface area contributed by atoms with Crippen LogP contribution in [-0.4, -0.2) is 22.8 Å². The van der Waals surface area contributed by atoms with E-state index >= 15 is 0 Å². The Morgan fingerprint density at radius 3 is 2.56 bits per heavy atom. The molecule has 3 aromatic rings. The standard InChI is InChI=1S/C25H27FN2O3S/c26-20-10-8-19(9-11-20)24(25(30)27-21-5-2-1-3-6-21)28(16-22-7-4-13-31-22)23(29)15-18-12-14-32-17-18/h4,7-14,17,21,24H,1-3,5-6,15-16H2,(H,27,30)/t24-/m1/s1. The SMILES string of the molecule is O=C(NC1CCCCC1)[C@@H](c1ccc(F)cc1)N(Cc1ccco1)C(=O)Cc1ccsc1. The lowest BCUT2D eigenvalue weighted by Gasteiger charge is -2.33. The van der Waals surface area contributed by atoms with E-state index in [1.165, 1.54) is 29.9 Å². The van der Waals surface area contributed by atoms with Crippen LogP contribution in [0, 0.1) is 5.82 Å². The molecule has 4 rings (SSSR count). The first-order valence-corrected chi connectivity index (χ1v) is 11.9. The molecule has 1 aliphatic rings. The summed E-state index contributed by atoms with van der Waals surface area (Å²) < 4.78 is 19.1. The maximum Gasteiger partial charge on any atom is 0.247 e. The predicted octanol–water partition coefficient (Wildman–Crippen LogP) is 5.24. The monoisotopic (exact) mass is 454 g/mol. The lowest BCUT2D eigenvalue weighted by atomic mass is 9.94. The first kappa shape index (κ1) is 22.3. The van der Waals surface area contributed by atoms with Gasteiger partial charge in [-0.1, -0.05) is 31.4 Å². The number of furan rings is 1. The Balaban J connectivity index is 1.66. The van der Waals surface area contributed by atoms with Crippen molar-refractivity contribution in [3.05, 3.63) is 82.2 Å². The predicted molar refractivity (Wildman–Crippen MR) is 121 cm³/mol. The quantitative estimate of drug-likeness (QED) is 0.506. The Morgan fingerprint density at radius 1 is 1.12 bits per heavy atom. The number of nitrogens with zero attached hydrogens (tertiary/aromatic N) is 1. The molecule has 168 valence electrons. The highest BCUT2D eigenvalue weighted by atomic mass is 32.1. The normalized spacial score (nSPS) is 15.3. The summed E-state index contributed by atoms with van der Waals surface area (Å²) in [5, 5.41) is 7.00. The zero-order valence-electron chi connectivity index (χ0n) is 17.8. The summed E-state index contributed by atoms with van der Waals surface area (Å²) >= 11 is 1.52. The zero-order chi connectivity index (χ0) is 22.3. The second-order valence-electron chi connectivity index (χ2n) is 8.21. The molecule has 5 nitrogen and oxygen atoms in total. The molecule has 0 spiro atoms. The lowest BCUT2D eigenvalue weighted by molar-refractivity contribution is -0.141. The van der Waals surface area contributed by atoms with Gasteiger partial charge in [0.2, 0.25) is 11.8 Å². The fourth-order valence-corrected chi connectivity index (χ4v) is 4.88. The van der Waals surface area contributed by atoms with Gasteiger partial charge in [0.1, 0.15) is 17.6 Å². The van der Waals surface area contributed by atoms with Crippen molar-refractivity contribution in [2.75, 3.05) is 0 Å². The van der Waals surface area contributed by atoms with Crippen molar-refractivity contribution in [1.29, 1.82) is 0 Å². The zero-order valence-corrected chi connectivity index (χ0v) is 18.7. The van der Waals surface area contributed by atoms with Gasteiger partial charge in [-0.05, 0) is 65.1 Å². The summed E-state index contributed by atoms with van der Waals surface area (Å²) in [5.41, 5.74) is 1.47. The molecule has 1 aliphatic carbocycles. The van der Waals surface area contributed by atoms with E-state index in [0.29, 0.717) is 11.3 Å². The smallest absolute Gasteiger partial charge is 0.247 e. The summed E-state index contributed by atoms with van der Waals surface area (Å²) in [6.45, 7) is 0.149. The molecule has 1 aromatic carbocycles. The first-order valence-electron chi connectivity index (χ1n) is 11.0. The minimum atomic E-state index is -0.881. The van der Waals surface area contributed by atoms with Crippen LogP contribution >= 0.6 is 11.3 Å². The van der Waals surface area contributed by atoms with Crippen molar-refractivity contribution in [2.24, 2.45) is 0 Å². The van der Waals surface area contributed by atoms with Crippen LogP contribution in [0.3, 0.4) is 0 Å². The number of benzene rings is 1. The Labute approximate surface area is 191 Å². The van der Waals surface area contributed by atoms with Gasteiger partial charge in [0.25, 0.3) is 0 Å². The van der Waals surface area contributed by atoms with E-state index in [1.54, 1.807) is 35.4 Å². The van der Waals surface area contributed by atoms with E-state index in [9.17, 15) is 14.0 Å². The van der Waals surface area contributed by atoms with E-state index in [4.69, 9.17) is 4.42 Å². The number of thiophene rings is 1. The molecular weight excluding hydrogens is 427 g/mol. The van der Waals surface area contributed by atoms with Gasteiger partial charge in [0.05, 0.1) is 19.2 Å². The molecule has 1 saturated carbocycles. The van der Waals surface area contributed by atoms with Crippen molar-refractivity contribution in [3.8, 4) is 0 Å². The maximum absolute atomic E-state index is 13.6. The van der Waals surface area contributed by atoms with Crippen LogP contribution in [0.15, 0.2) is 63.9 Å². The van der Waals surface area contributed by atoms with E-state index < -0.39 is 6.04 Å². The molecule has 1 N–H and O–H groups in total. The van der Waals surface area contributed by atoms with Crippen molar-refractivity contribution < 1.29 is 18.4 Å². The van der Waals surface area contributed by atoms with E-state index in [1.807, 2.05) is 16.8 Å². The van der Waals surface area contributed by atoms with Crippen LogP contribution in [0.4, 0.5) is 4.39 Å². The van der Waals surface area contributed by atoms with Gasteiger partial charge in [-0.15, -0.1) is 0 Å². The molecule has 7 heteroatoms. The second-order valence-corrected chi connectivity index (χ2v) is 8.99. The third-order valence-electron chi connectivity index (χ3n) is 5.86. The van der Waals surface area contributed by atoms with Gasteiger partial charge < -0.3 is 14.6 Å². The summed E-state index contributed by atoms with van der Waals surface area (Å²) in [7, 11) is 0. The van der Waals surface area contributed by atoms with Gasteiger partial charge in [0, 0.05) is 6.04 Å². The summed E-state index contributed by atoms with van der Waals surface area (Å²) in [6.07, 6.45) is 6.94. The highest BCUT2D eigenvalue weighted by Gasteiger charge is 2.33. The second kappa shape index (κ2) is 10.6. The van der Waals surface area contributed by atoms with Gasteiger partial charge in [-0.2, -0.15) is 11.3 Å². The lowest BCUT2D eigenvalue weighted by Crippen LogP contribution is -2.47. The molecule has 1 atom stereocenters. The van der Waals surface area contributed by atoms with Crippen LogP contribution < -0.4 is 5.32 Å². The van der Waals surface area contributed by atoms with Gasteiger partial charge in [0.15, 0.2) is 0 Å². The van der Waals surface area contributed by atoms with E-state index in [2.05, 4.69) is 5.32 Å². The molecule has 1 fully saturated rings. The highest BCUT2D eigenvalue weighted by molar-refractivity contribution is 7.08. The Hall–Kier alpha value is -2.93. The van der Waals surface area contributed by atoms with Crippen molar-refractivity contribution >= 4 is 23.2 Å². The molecule has 0 saturated heterocycles. The van der Waals surface area contributed by atoms with E-state index in [-0.39, 0.29) is 36.6 Å². The molecule has 2 amide bonds. The van der Waals surface area contributed by atoms with Crippen molar-refractivity contribution in [3.63, 3.8) is 0 Å². The molecule has 2 aromatic heterocycles. The molecule has 2 heterocycles. The fraction of sp³-hybridized carbons (Fsp3) is 0.360. The van der Waals surface area contributed by atoms with E-state index in [0.717, 1.165) is 31.2 Å². The number of hydrogen-bond acceptors (Lipinski definition) is 4. The van der Waals surface area contributed by atoms with Crippen LogP contribution in [0.1, 0.15) is 55.0 Å². The van der Waals surface area contributed by atoms with Gasteiger partial charge in [-0.25, -0.2) is 4.39 Å². The third kappa shape index (κ3) is 5.65. The Bertz CT molecular complexity index is 997. The van der Waals surface area contributed by atoms with Crippen LogP contribution in [0.5, 0.6) is 0 Å². The number of amides is 2. The molecule has 0 bridgehead atoms. The molecule has 32 heavy (non-hydrogen) atoms. The first-order chi connectivity index (χ1) is 15.6. The highest BCUT2D eigenvalue weighted by Crippen LogP contribution is 2.27. The maximum atomic E-state index is 13.6. The van der Waals surface area contributed by atoms with Gasteiger partial charge >= 0.3 is 0 Å². The topological polar surface area (TPSA) is 62.6 Å². The summed E-state index contributed by atoms with van der Waals surface area (Å²) in [5.74, 6) is -0.231. The Morgan fingerprint density at radius 2 is 1.91 bits per heavy atom. The molecular formula is C25H27FN2O3S. The van der Waals surface area contributed by atoms with Crippen molar-refractivity contribution in [1.82, 2.24) is 10.2 Å². The third-order valence-corrected chi connectivity index (χ3v) is 6.59. The number of rotatable bonds is 8. The fourth-order valence-electron chi connectivity index (χ4n) is 4.21. The number of nitrogens with one attached hydrogen (secondary N) is 1. The average Bonchev–Trinajstić information content (AvgIpc) is 3.49. The average molecular weight is 455 g/mol. The molecule has 0 radical (unpaired) electrons. The van der Waals surface area contributed by atoms with Crippen LogP contribution in [0.25, 0.3) is 0 Å². The minimum absolute atomic E-state index is 0.0941. The van der Waals surface area contributed by atoms with Gasteiger partial charge in [-0.3, -0.25) is 9.59 Å². The number of carbonyl (C=O) groups is 2. The van der Waals surface area contributed by atoms with Crippen LogP contribution in [0.2, 0.25) is 0 Å². The van der Waals surface area contributed by atoms with Crippen LogP contribution in [-0.2, 0) is 22.6 Å². The largest absolute Gasteiger partial charge is 0.467 e. The Kier molecular flexibility index (Phi) is 7.37. The summed E-state index contributed by atoms with van der Waals surface area (Å²) in [4.78, 5) is 28.5. The summed E-state index contributed by atoms with van der Waals surface area (Å²) in [6, 6.07) is 10.5. The minimum Gasteiger partial charge on any atom is -0.467 e. The number of halogens is 1. The molecule has 0 aliphatic heterocycles.